The van der Waals surface area contributed by atoms with E-state index in [-0.39, 0.29) is 23.6 Å². The highest BCUT2D eigenvalue weighted by atomic mass is 19.1. The third kappa shape index (κ3) is 3.83. The number of rotatable bonds is 5. The zero-order valence-corrected chi connectivity index (χ0v) is 14.3. The minimum absolute atomic E-state index is 0.124. The monoisotopic (exact) mass is 323 g/mol. The lowest BCUT2D eigenvalue weighted by Crippen LogP contribution is -2.34. The Hall–Kier alpha value is -1.62. The second kappa shape index (κ2) is 7.77. The van der Waals surface area contributed by atoms with Crippen LogP contribution in [0.15, 0.2) is 12.1 Å². The van der Waals surface area contributed by atoms with Crippen molar-refractivity contribution < 1.29 is 18.7 Å². The molecule has 0 bridgehead atoms. The quantitative estimate of drug-likeness (QED) is 0.845. The second-order valence-corrected chi connectivity index (χ2v) is 6.37. The van der Waals surface area contributed by atoms with Crippen LogP contribution in [0.4, 0.5) is 4.39 Å². The van der Waals surface area contributed by atoms with Crippen LogP contribution in [0.1, 0.15) is 49.7 Å². The van der Waals surface area contributed by atoms with Gasteiger partial charge in [-0.1, -0.05) is 19.9 Å². The van der Waals surface area contributed by atoms with Gasteiger partial charge in [0.1, 0.15) is 0 Å². The SMILES string of the molecule is COC(=O)[C@H](c1cc(C(C)C)cc(F)c1OC)C1CCNCC1. The number of ether oxygens (including phenoxy) is 2. The number of methoxy groups -OCH3 is 2. The number of carbonyl (C=O) groups is 1. The average molecular weight is 323 g/mol. The molecule has 0 saturated carbocycles. The first-order valence-corrected chi connectivity index (χ1v) is 8.15. The summed E-state index contributed by atoms with van der Waals surface area (Å²) in [6.45, 7) is 5.71. The van der Waals surface area contributed by atoms with Gasteiger partial charge in [0.15, 0.2) is 11.6 Å². The molecule has 0 unspecified atom stereocenters. The molecule has 2 rings (SSSR count). The average Bonchev–Trinajstić information content (AvgIpc) is 2.55. The smallest absolute Gasteiger partial charge is 0.313 e. The number of benzene rings is 1. The van der Waals surface area contributed by atoms with Crippen LogP contribution in [-0.2, 0) is 9.53 Å². The third-order valence-corrected chi connectivity index (χ3v) is 4.61. The number of hydrogen-bond acceptors (Lipinski definition) is 4. The standard InChI is InChI=1S/C18H26FNO3/c1-11(2)13-9-14(17(22-3)15(19)10-13)16(18(21)23-4)12-5-7-20-8-6-12/h9-12,16,20H,5-8H2,1-4H3/t16-/m0/s1. The lowest BCUT2D eigenvalue weighted by molar-refractivity contribution is -0.144. The normalized spacial score (nSPS) is 17.1. The van der Waals surface area contributed by atoms with Crippen LogP contribution in [0.5, 0.6) is 5.75 Å². The van der Waals surface area contributed by atoms with Gasteiger partial charge in [0.05, 0.1) is 20.1 Å². The molecule has 0 aliphatic carbocycles. The van der Waals surface area contributed by atoms with Gasteiger partial charge in [0.25, 0.3) is 0 Å². The lowest BCUT2D eigenvalue weighted by Gasteiger charge is -2.30. The Balaban J connectivity index is 2.53. The van der Waals surface area contributed by atoms with Crippen molar-refractivity contribution in [2.45, 2.75) is 38.5 Å². The van der Waals surface area contributed by atoms with Crippen molar-refractivity contribution in [1.82, 2.24) is 5.32 Å². The fraction of sp³-hybridized carbons (Fsp3) is 0.611. The van der Waals surface area contributed by atoms with E-state index in [2.05, 4.69) is 5.32 Å². The van der Waals surface area contributed by atoms with E-state index in [1.54, 1.807) is 0 Å². The summed E-state index contributed by atoms with van der Waals surface area (Å²) in [5.41, 5.74) is 1.47. The first-order chi connectivity index (χ1) is 11.0. The largest absolute Gasteiger partial charge is 0.493 e. The van der Waals surface area contributed by atoms with Crippen LogP contribution in [0, 0.1) is 11.7 Å². The fourth-order valence-electron chi connectivity index (χ4n) is 3.29. The maximum atomic E-state index is 14.5. The van der Waals surface area contributed by atoms with Crippen molar-refractivity contribution >= 4 is 5.97 Å². The van der Waals surface area contributed by atoms with Crippen molar-refractivity contribution in [3.05, 3.63) is 29.1 Å². The molecule has 0 aromatic heterocycles. The number of esters is 1. The summed E-state index contributed by atoms with van der Waals surface area (Å²) in [7, 11) is 2.82. The topological polar surface area (TPSA) is 47.6 Å². The van der Waals surface area contributed by atoms with Crippen LogP contribution in [0.3, 0.4) is 0 Å². The highest BCUT2D eigenvalue weighted by molar-refractivity contribution is 5.79. The van der Waals surface area contributed by atoms with E-state index >= 15 is 0 Å². The van der Waals surface area contributed by atoms with E-state index in [0.717, 1.165) is 31.5 Å². The van der Waals surface area contributed by atoms with Crippen molar-refractivity contribution in [2.75, 3.05) is 27.3 Å². The van der Waals surface area contributed by atoms with Crippen molar-refractivity contribution in [1.29, 1.82) is 0 Å². The zero-order valence-electron chi connectivity index (χ0n) is 14.3. The Bertz CT molecular complexity index is 553. The molecule has 0 radical (unpaired) electrons. The van der Waals surface area contributed by atoms with Gasteiger partial charge >= 0.3 is 5.97 Å². The highest BCUT2D eigenvalue weighted by Gasteiger charge is 2.35. The van der Waals surface area contributed by atoms with Gasteiger partial charge in [0.2, 0.25) is 0 Å². The van der Waals surface area contributed by atoms with Crippen LogP contribution in [-0.4, -0.2) is 33.3 Å². The molecule has 1 aliphatic heterocycles. The van der Waals surface area contributed by atoms with E-state index in [4.69, 9.17) is 9.47 Å². The summed E-state index contributed by atoms with van der Waals surface area (Å²) in [5, 5.41) is 3.29. The van der Waals surface area contributed by atoms with Crippen LogP contribution < -0.4 is 10.1 Å². The van der Waals surface area contributed by atoms with Gasteiger partial charge in [-0.3, -0.25) is 4.79 Å². The van der Waals surface area contributed by atoms with Gasteiger partial charge < -0.3 is 14.8 Å². The van der Waals surface area contributed by atoms with Gasteiger partial charge in [-0.05, 0) is 49.4 Å². The van der Waals surface area contributed by atoms with Crippen LogP contribution >= 0.6 is 0 Å². The number of nitrogens with one attached hydrogen (secondary N) is 1. The molecule has 128 valence electrons. The Morgan fingerprint density at radius 1 is 1.26 bits per heavy atom. The second-order valence-electron chi connectivity index (χ2n) is 6.37. The Labute approximate surface area is 137 Å². The van der Waals surface area contributed by atoms with E-state index in [0.29, 0.717) is 5.56 Å². The Morgan fingerprint density at radius 3 is 2.43 bits per heavy atom. The van der Waals surface area contributed by atoms with Gasteiger partial charge in [-0.15, -0.1) is 0 Å². The molecule has 1 aliphatic rings. The minimum Gasteiger partial charge on any atom is -0.493 e. The van der Waals surface area contributed by atoms with E-state index in [1.165, 1.54) is 20.3 Å². The molecular weight excluding hydrogens is 297 g/mol. The molecular formula is C18H26FNO3. The highest BCUT2D eigenvalue weighted by Crippen LogP contribution is 2.40. The van der Waals surface area contributed by atoms with Crippen LogP contribution in [0.2, 0.25) is 0 Å². The maximum absolute atomic E-state index is 14.5. The summed E-state index contributed by atoms with van der Waals surface area (Å²) in [6, 6.07) is 3.39. The maximum Gasteiger partial charge on any atom is 0.313 e. The lowest BCUT2D eigenvalue weighted by atomic mass is 9.79. The predicted molar refractivity (Wildman–Crippen MR) is 87.4 cm³/mol. The van der Waals surface area contributed by atoms with E-state index < -0.39 is 11.7 Å². The number of hydrogen-bond donors (Lipinski definition) is 1. The van der Waals surface area contributed by atoms with Gasteiger partial charge in [0, 0.05) is 5.56 Å². The van der Waals surface area contributed by atoms with E-state index in [1.807, 2.05) is 19.9 Å². The molecule has 5 heteroatoms. The Morgan fingerprint density at radius 2 is 1.91 bits per heavy atom. The summed E-state index contributed by atoms with van der Waals surface area (Å²) >= 11 is 0. The van der Waals surface area contributed by atoms with Crippen LogP contribution in [0.25, 0.3) is 0 Å². The first-order valence-electron chi connectivity index (χ1n) is 8.15. The molecule has 4 nitrogen and oxygen atoms in total. The summed E-state index contributed by atoms with van der Waals surface area (Å²) in [6.07, 6.45) is 1.72. The predicted octanol–water partition coefficient (Wildman–Crippen LogP) is 3.21. The molecule has 1 N–H and O–H groups in total. The van der Waals surface area contributed by atoms with Crippen molar-refractivity contribution in [3.63, 3.8) is 0 Å². The summed E-state index contributed by atoms with van der Waals surface area (Å²) < 4.78 is 24.8. The zero-order chi connectivity index (χ0) is 17.0. The molecule has 1 aromatic carbocycles. The first kappa shape index (κ1) is 17.7. The number of piperidine rings is 1. The molecule has 1 atom stereocenters. The van der Waals surface area contributed by atoms with Gasteiger partial charge in [-0.2, -0.15) is 0 Å². The molecule has 0 spiro atoms. The van der Waals surface area contributed by atoms with E-state index in [9.17, 15) is 9.18 Å². The Kier molecular flexibility index (Phi) is 5.99. The minimum atomic E-state index is -0.495. The summed E-state index contributed by atoms with van der Waals surface area (Å²) in [5.74, 6) is -0.791. The summed E-state index contributed by atoms with van der Waals surface area (Å²) in [4.78, 5) is 12.5. The molecule has 0 amide bonds. The molecule has 1 fully saturated rings. The molecule has 1 saturated heterocycles. The molecule has 23 heavy (non-hydrogen) atoms. The van der Waals surface area contributed by atoms with Gasteiger partial charge in [-0.25, -0.2) is 4.39 Å². The van der Waals surface area contributed by atoms with Crippen molar-refractivity contribution in [2.24, 2.45) is 5.92 Å². The molecule has 1 heterocycles. The number of halogens is 1. The number of carbonyl (C=O) groups excluding carboxylic acids is 1. The fourth-order valence-corrected chi connectivity index (χ4v) is 3.29. The molecule has 1 aromatic rings. The third-order valence-electron chi connectivity index (χ3n) is 4.61. The van der Waals surface area contributed by atoms with Crippen molar-refractivity contribution in [3.8, 4) is 5.75 Å².